The van der Waals surface area contributed by atoms with E-state index in [1.807, 2.05) is 20.8 Å². The molecular weight excluding hydrogens is 607 g/mol. The fourth-order valence-corrected chi connectivity index (χ4v) is 5.89. The van der Waals surface area contributed by atoms with Gasteiger partial charge >= 0.3 is 6.09 Å². The Morgan fingerprint density at radius 1 is 0.974 bits per heavy atom. The van der Waals surface area contributed by atoms with Crippen LogP contribution in [0.15, 0.2) is 42.5 Å². The molecule has 3 aromatic rings. The van der Waals surface area contributed by atoms with Gasteiger partial charge in [-0.2, -0.15) is 0 Å². The third-order valence-corrected chi connectivity index (χ3v) is 7.63. The van der Waals surface area contributed by atoms with Crippen molar-refractivity contribution in [2.24, 2.45) is 0 Å². The van der Waals surface area contributed by atoms with Gasteiger partial charge in [0.25, 0.3) is 17.6 Å². The fraction of sp³-hybridized carbons (Fsp3) is 0.467. The van der Waals surface area contributed by atoms with Gasteiger partial charge in [0.2, 0.25) is 0 Å². The normalized spacial score (nSPS) is 16.0. The maximum absolute atomic E-state index is 13.2. The van der Waals surface area contributed by atoms with Gasteiger partial charge in [-0.25, -0.2) is 13.9 Å². The number of piperidine rings is 1. The molecule has 1 saturated heterocycles. The number of nitrogens with zero attached hydrogens (tertiary/aromatic N) is 4. The minimum Gasteiger partial charge on any atom is -1.00 e. The predicted molar refractivity (Wildman–Crippen MR) is 144 cm³/mol. The molecule has 5 rings (SSSR count). The van der Waals surface area contributed by atoms with Crippen LogP contribution in [-0.2, 0) is 24.4 Å². The number of ether oxygens (including phenoxy) is 1. The molecule has 0 spiro atoms. The van der Waals surface area contributed by atoms with Gasteiger partial charge in [-0.15, -0.1) is 0 Å². The van der Waals surface area contributed by atoms with Gasteiger partial charge in [0.05, 0.1) is 24.2 Å². The topological polar surface area (TPSA) is 75.7 Å². The lowest BCUT2D eigenvalue weighted by Gasteiger charge is -2.33. The van der Waals surface area contributed by atoms with E-state index >= 15 is 0 Å². The van der Waals surface area contributed by atoms with Crippen LogP contribution in [0.5, 0.6) is 0 Å². The first-order valence-electron chi connectivity index (χ1n) is 13.6. The smallest absolute Gasteiger partial charge is 0.410 e. The SMILES string of the molecule is CCn1c(CN2C(=O)c3ccccc3C2=O)[n+](CC)c2c(C3CCN(C(=O)OC(C)(C)C)CC3)cccc21.[I-]. The van der Waals surface area contributed by atoms with Crippen LogP contribution in [0.3, 0.4) is 0 Å². The van der Waals surface area contributed by atoms with Crippen LogP contribution in [0.4, 0.5) is 4.79 Å². The van der Waals surface area contributed by atoms with E-state index in [0.717, 1.165) is 42.8 Å². The Labute approximate surface area is 246 Å². The molecule has 2 aliphatic heterocycles. The van der Waals surface area contributed by atoms with Crippen molar-refractivity contribution in [2.45, 2.75) is 78.6 Å². The van der Waals surface area contributed by atoms with Crippen LogP contribution < -0.4 is 28.5 Å². The second kappa shape index (κ2) is 11.3. The Balaban J connectivity index is 0.00000353. The van der Waals surface area contributed by atoms with E-state index in [-0.39, 0.29) is 48.4 Å². The molecule has 39 heavy (non-hydrogen) atoms. The molecule has 0 radical (unpaired) electrons. The third kappa shape index (κ3) is 5.29. The summed E-state index contributed by atoms with van der Waals surface area (Å²) in [6.45, 7) is 12.8. The fourth-order valence-electron chi connectivity index (χ4n) is 5.89. The van der Waals surface area contributed by atoms with Crippen molar-refractivity contribution in [1.82, 2.24) is 14.4 Å². The highest BCUT2D eigenvalue weighted by atomic mass is 127. The molecule has 0 unspecified atom stereocenters. The van der Waals surface area contributed by atoms with Crippen molar-refractivity contribution in [3.63, 3.8) is 0 Å². The van der Waals surface area contributed by atoms with Gasteiger partial charge in [0.15, 0.2) is 11.0 Å². The molecule has 3 heterocycles. The number of benzene rings is 2. The summed E-state index contributed by atoms with van der Waals surface area (Å²) in [4.78, 5) is 42.1. The number of amides is 3. The van der Waals surface area contributed by atoms with Crippen molar-refractivity contribution in [1.29, 1.82) is 0 Å². The van der Waals surface area contributed by atoms with Crippen molar-refractivity contribution in [3.05, 3.63) is 65.0 Å². The minimum absolute atomic E-state index is 0. The van der Waals surface area contributed by atoms with E-state index in [2.05, 4.69) is 41.2 Å². The highest BCUT2D eigenvalue weighted by Gasteiger charge is 2.39. The number of fused-ring (bicyclic) bond motifs is 2. The first kappa shape index (κ1) is 29.0. The molecule has 0 saturated carbocycles. The molecule has 0 N–H and O–H groups in total. The first-order chi connectivity index (χ1) is 18.1. The molecule has 9 heteroatoms. The van der Waals surface area contributed by atoms with Crippen molar-refractivity contribution < 1.29 is 47.7 Å². The average Bonchev–Trinajstić information content (AvgIpc) is 3.34. The number of carbonyl (C=O) groups is 3. The second-order valence-electron chi connectivity index (χ2n) is 11.1. The number of rotatable bonds is 5. The van der Waals surface area contributed by atoms with Gasteiger partial charge in [-0.05, 0) is 71.6 Å². The molecule has 0 aliphatic carbocycles. The van der Waals surface area contributed by atoms with E-state index < -0.39 is 5.60 Å². The number of imide groups is 1. The van der Waals surface area contributed by atoms with Gasteiger partial charge in [-0.1, -0.05) is 24.3 Å². The molecular formula is C30H37IN4O4. The zero-order valence-electron chi connectivity index (χ0n) is 23.4. The number of aryl methyl sites for hydroxylation is 2. The largest absolute Gasteiger partial charge is 1.00 e. The molecule has 2 aliphatic rings. The maximum atomic E-state index is 13.2. The van der Waals surface area contributed by atoms with Gasteiger partial charge in [-0.3, -0.25) is 14.5 Å². The average molecular weight is 645 g/mol. The van der Waals surface area contributed by atoms with Crippen LogP contribution in [0.2, 0.25) is 0 Å². The molecule has 1 aromatic heterocycles. The second-order valence-corrected chi connectivity index (χ2v) is 11.1. The lowest BCUT2D eigenvalue weighted by atomic mass is 9.88. The molecule has 0 bridgehead atoms. The molecule has 3 amide bonds. The van der Waals surface area contributed by atoms with E-state index in [4.69, 9.17) is 4.74 Å². The lowest BCUT2D eigenvalue weighted by molar-refractivity contribution is -0.677. The summed E-state index contributed by atoms with van der Waals surface area (Å²) in [5, 5.41) is 0. The molecule has 0 atom stereocenters. The van der Waals surface area contributed by atoms with Crippen LogP contribution >= 0.6 is 0 Å². The van der Waals surface area contributed by atoms with Crippen LogP contribution in [0, 0.1) is 0 Å². The predicted octanol–water partition coefficient (Wildman–Crippen LogP) is 1.88. The highest BCUT2D eigenvalue weighted by molar-refractivity contribution is 6.21. The van der Waals surface area contributed by atoms with E-state index in [1.165, 1.54) is 10.5 Å². The third-order valence-electron chi connectivity index (χ3n) is 7.63. The number of para-hydroxylation sites is 1. The lowest BCUT2D eigenvalue weighted by Crippen LogP contribution is -3.00. The van der Waals surface area contributed by atoms with E-state index in [9.17, 15) is 14.4 Å². The summed E-state index contributed by atoms with van der Waals surface area (Å²) < 4.78 is 10.1. The Morgan fingerprint density at radius 3 is 2.13 bits per heavy atom. The summed E-state index contributed by atoms with van der Waals surface area (Å²) >= 11 is 0. The number of imidazole rings is 1. The van der Waals surface area contributed by atoms with E-state index in [1.54, 1.807) is 29.2 Å². The quantitative estimate of drug-likeness (QED) is 0.242. The maximum Gasteiger partial charge on any atom is 0.410 e. The number of hydrogen-bond acceptors (Lipinski definition) is 4. The van der Waals surface area contributed by atoms with Crippen LogP contribution in [-0.4, -0.2) is 51.0 Å². The van der Waals surface area contributed by atoms with Crippen molar-refractivity contribution >= 4 is 28.9 Å². The Bertz CT molecular complexity index is 1380. The standard InChI is InChI=1S/C30H37N4O4.HI/c1-6-32-24-14-10-13-21(20-15-17-31(18-16-20)29(37)38-30(3,4)5)26(24)33(7-2)25(32)19-34-27(35)22-11-8-9-12-23(22)28(34)36;/h8-14,20H,6-7,15-19H2,1-5H3;1H/q+1;/p-1. The van der Waals surface area contributed by atoms with Crippen molar-refractivity contribution in [2.75, 3.05) is 13.1 Å². The summed E-state index contributed by atoms with van der Waals surface area (Å²) in [6, 6.07) is 13.4. The van der Waals surface area contributed by atoms with Crippen LogP contribution in [0.25, 0.3) is 11.0 Å². The van der Waals surface area contributed by atoms with Gasteiger partial charge in [0.1, 0.15) is 12.1 Å². The Morgan fingerprint density at radius 2 is 1.59 bits per heavy atom. The van der Waals surface area contributed by atoms with E-state index in [0.29, 0.717) is 30.1 Å². The summed E-state index contributed by atoms with van der Waals surface area (Å²) in [6.07, 6.45) is 1.46. The summed E-state index contributed by atoms with van der Waals surface area (Å²) in [5.74, 6) is 0.764. The van der Waals surface area contributed by atoms with Crippen LogP contribution in [0.1, 0.15) is 85.5 Å². The summed E-state index contributed by atoms with van der Waals surface area (Å²) in [7, 11) is 0. The Kier molecular flexibility index (Phi) is 8.39. The number of likely N-dealkylation sites (tertiary alicyclic amines) is 1. The van der Waals surface area contributed by atoms with Gasteiger partial charge < -0.3 is 33.6 Å². The first-order valence-corrected chi connectivity index (χ1v) is 13.6. The molecule has 1 fully saturated rings. The highest BCUT2D eigenvalue weighted by Crippen LogP contribution is 2.34. The number of halogens is 1. The minimum atomic E-state index is -0.509. The number of carbonyl (C=O) groups excluding carboxylic acids is 3. The van der Waals surface area contributed by atoms with Gasteiger partial charge in [0, 0.05) is 18.7 Å². The monoisotopic (exact) mass is 644 g/mol. The Hall–Kier alpha value is -2.95. The number of aromatic nitrogens is 2. The number of hydrogen-bond donors (Lipinski definition) is 0. The molecule has 8 nitrogen and oxygen atoms in total. The zero-order chi connectivity index (χ0) is 27.2. The molecule has 208 valence electrons. The zero-order valence-corrected chi connectivity index (χ0v) is 25.5. The van der Waals surface area contributed by atoms with Crippen molar-refractivity contribution in [3.8, 4) is 0 Å². The summed E-state index contributed by atoms with van der Waals surface area (Å²) in [5.41, 5.74) is 3.94. The molecule has 2 aromatic carbocycles.